The number of rotatable bonds is 6. The maximum atomic E-state index is 5.98. The summed E-state index contributed by atoms with van der Waals surface area (Å²) < 4.78 is 12.0. The second kappa shape index (κ2) is 8.63. The Bertz CT molecular complexity index is 231. The van der Waals surface area contributed by atoms with Crippen molar-refractivity contribution in [3.8, 4) is 0 Å². The molecule has 2 rings (SSSR count). The smallest absolute Gasteiger partial charge is 0.160 e. The molecule has 2 aliphatic rings. The van der Waals surface area contributed by atoms with Crippen molar-refractivity contribution < 1.29 is 9.47 Å². The van der Waals surface area contributed by atoms with Crippen LogP contribution in [0.5, 0.6) is 0 Å². The van der Waals surface area contributed by atoms with Crippen LogP contribution in [0, 0.1) is 11.8 Å². The Morgan fingerprint density at radius 1 is 0.947 bits per heavy atom. The van der Waals surface area contributed by atoms with Gasteiger partial charge in [0.05, 0.1) is 13.2 Å². The molecule has 0 N–H and O–H groups in total. The van der Waals surface area contributed by atoms with E-state index in [9.17, 15) is 0 Å². The minimum atomic E-state index is 0.0897. The van der Waals surface area contributed by atoms with E-state index in [1.54, 1.807) is 0 Å². The van der Waals surface area contributed by atoms with Gasteiger partial charge in [0.1, 0.15) is 0 Å². The highest BCUT2D eigenvalue weighted by atomic mass is 79.9. The highest BCUT2D eigenvalue weighted by Gasteiger charge is 2.31. The Hall–Kier alpha value is 0.400. The van der Waals surface area contributed by atoms with Crippen LogP contribution in [-0.2, 0) is 9.47 Å². The van der Waals surface area contributed by atoms with Crippen molar-refractivity contribution in [3.05, 3.63) is 0 Å². The first kappa shape index (κ1) is 15.8. The number of ether oxygens (including phenoxy) is 2. The number of unbranched alkanes of at least 4 members (excludes halogenated alkanes) is 3. The molecule has 0 aromatic rings. The highest BCUT2D eigenvalue weighted by Crippen LogP contribution is 2.34. The third-order valence-electron chi connectivity index (χ3n) is 4.54. The van der Waals surface area contributed by atoms with Gasteiger partial charge in [-0.15, -0.1) is 0 Å². The molecule has 2 fully saturated rings. The van der Waals surface area contributed by atoms with Gasteiger partial charge in [-0.2, -0.15) is 0 Å². The lowest BCUT2D eigenvalue weighted by Crippen LogP contribution is -2.38. The molecule has 19 heavy (non-hydrogen) atoms. The Labute approximate surface area is 126 Å². The summed E-state index contributed by atoms with van der Waals surface area (Å²) in [5.74, 6) is 1.27. The normalized spacial score (nSPS) is 36.3. The third kappa shape index (κ3) is 5.35. The lowest BCUT2D eigenvalue weighted by Gasteiger charge is -2.36. The summed E-state index contributed by atoms with van der Waals surface area (Å²) in [7, 11) is 0. The van der Waals surface area contributed by atoms with Gasteiger partial charge in [-0.25, -0.2) is 0 Å². The van der Waals surface area contributed by atoms with Gasteiger partial charge >= 0.3 is 0 Å². The quantitative estimate of drug-likeness (QED) is 0.508. The van der Waals surface area contributed by atoms with Crippen LogP contribution in [0.3, 0.4) is 0 Å². The van der Waals surface area contributed by atoms with Crippen molar-refractivity contribution in [1.82, 2.24) is 0 Å². The SMILES string of the molecule is CCCCCC[C@H]1CO[C@H]([C@H]2CC[C@H](Br)CC2)OC1. The predicted molar refractivity (Wildman–Crippen MR) is 82.6 cm³/mol. The Kier molecular flexibility index (Phi) is 7.17. The van der Waals surface area contributed by atoms with Crippen LogP contribution in [0.2, 0.25) is 0 Å². The summed E-state index contributed by atoms with van der Waals surface area (Å²) in [6, 6.07) is 0. The van der Waals surface area contributed by atoms with Crippen molar-refractivity contribution >= 4 is 15.9 Å². The molecule has 1 heterocycles. The predicted octanol–water partition coefficient (Wildman–Crippen LogP) is 4.90. The maximum Gasteiger partial charge on any atom is 0.160 e. The molecule has 0 aromatic heterocycles. The van der Waals surface area contributed by atoms with Crippen LogP contribution >= 0.6 is 15.9 Å². The molecular weight excluding hydrogens is 304 g/mol. The van der Waals surface area contributed by atoms with E-state index in [4.69, 9.17) is 9.47 Å². The van der Waals surface area contributed by atoms with Crippen LogP contribution in [0.4, 0.5) is 0 Å². The average Bonchev–Trinajstić information content (AvgIpc) is 2.45. The fourth-order valence-electron chi connectivity index (χ4n) is 3.21. The molecule has 3 heteroatoms. The third-order valence-corrected chi connectivity index (χ3v) is 5.46. The molecule has 1 aliphatic heterocycles. The standard InChI is InChI=1S/C16H29BrO2/c1-2-3-4-5-6-13-11-18-16(19-12-13)14-7-9-15(17)10-8-14/h13-16H,2-12H2,1H3/t13-,14-,15-,16-. The topological polar surface area (TPSA) is 18.5 Å². The van der Waals surface area contributed by atoms with Crippen LogP contribution in [0.1, 0.15) is 64.7 Å². The molecule has 0 amide bonds. The van der Waals surface area contributed by atoms with Crippen molar-refractivity contribution in [2.45, 2.75) is 75.8 Å². The van der Waals surface area contributed by atoms with Gasteiger partial charge in [0.15, 0.2) is 6.29 Å². The molecule has 0 aromatic carbocycles. The van der Waals surface area contributed by atoms with Gasteiger partial charge in [-0.05, 0) is 32.1 Å². The minimum absolute atomic E-state index is 0.0897. The molecular formula is C16H29BrO2. The van der Waals surface area contributed by atoms with Gasteiger partial charge in [0.25, 0.3) is 0 Å². The zero-order valence-electron chi connectivity index (χ0n) is 12.3. The molecule has 1 saturated heterocycles. The molecule has 112 valence electrons. The second-order valence-corrected chi connectivity index (χ2v) is 7.56. The molecule has 0 bridgehead atoms. The van der Waals surface area contributed by atoms with Gasteiger partial charge in [-0.3, -0.25) is 0 Å². The summed E-state index contributed by atoms with van der Waals surface area (Å²) in [5, 5.41) is 0. The van der Waals surface area contributed by atoms with E-state index in [-0.39, 0.29) is 6.29 Å². The fraction of sp³-hybridized carbons (Fsp3) is 1.00. The zero-order valence-corrected chi connectivity index (χ0v) is 13.9. The molecule has 0 spiro atoms. The van der Waals surface area contributed by atoms with Crippen molar-refractivity contribution in [2.24, 2.45) is 11.8 Å². The maximum absolute atomic E-state index is 5.98. The summed E-state index contributed by atoms with van der Waals surface area (Å²) >= 11 is 3.71. The number of alkyl halides is 1. The fourth-order valence-corrected chi connectivity index (χ4v) is 3.74. The Morgan fingerprint density at radius 2 is 1.63 bits per heavy atom. The first-order chi connectivity index (χ1) is 9.29. The van der Waals surface area contributed by atoms with E-state index in [2.05, 4.69) is 22.9 Å². The average molecular weight is 333 g/mol. The number of hydrogen-bond acceptors (Lipinski definition) is 2. The van der Waals surface area contributed by atoms with Gasteiger partial charge < -0.3 is 9.47 Å². The zero-order chi connectivity index (χ0) is 13.5. The van der Waals surface area contributed by atoms with Crippen molar-refractivity contribution in [3.63, 3.8) is 0 Å². The largest absolute Gasteiger partial charge is 0.352 e. The van der Waals surface area contributed by atoms with Gasteiger partial charge in [0.2, 0.25) is 0 Å². The van der Waals surface area contributed by atoms with E-state index < -0.39 is 0 Å². The Balaban J connectivity index is 1.59. The van der Waals surface area contributed by atoms with E-state index in [0.717, 1.165) is 18.0 Å². The van der Waals surface area contributed by atoms with Crippen molar-refractivity contribution in [2.75, 3.05) is 13.2 Å². The molecule has 1 aliphatic carbocycles. The van der Waals surface area contributed by atoms with Gasteiger partial charge in [0, 0.05) is 16.7 Å². The van der Waals surface area contributed by atoms with E-state index in [1.165, 1.54) is 57.8 Å². The molecule has 0 unspecified atom stereocenters. The first-order valence-corrected chi connectivity index (χ1v) is 9.08. The number of halogens is 1. The second-order valence-electron chi connectivity index (χ2n) is 6.26. The number of hydrogen-bond donors (Lipinski definition) is 0. The molecule has 0 atom stereocenters. The Morgan fingerprint density at radius 3 is 2.26 bits per heavy atom. The monoisotopic (exact) mass is 332 g/mol. The van der Waals surface area contributed by atoms with Crippen molar-refractivity contribution in [1.29, 1.82) is 0 Å². The molecule has 2 nitrogen and oxygen atoms in total. The van der Waals surface area contributed by atoms with E-state index in [1.807, 2.05) is 0 Å². The summed E-state index contributed by atoms with van der Waals surface area (Å²) in [4.78, 5) is 0.721. The first-order valence-electron chi connectivity index (χ1n) is 8.17. The highest BCUT2D eigenvalue weighted by molar-refractivity contribution is 9.09. The van der Waals surface area contributed by atoms with Gasteiger partial charge in [-0.1, -0.05) is 48.5 Å². The lowest BCUT2D eigenvalue weighted by molar-refractivity contribution is -0.228. The van der Waals surface area contributed by atoms with Crippen LogP contribution in [-0.4, -0.2) is 24.3 Å². The van der Waals surface area contributed by atoms with Crippen LogP contribution in [0.25, 0.3) is 0 Å². The van der Waals surface area contributed by atoms with Crippen LogP contribution < -0.4 is 0 Å². The minimum Gasteiger partial charge on any atom is -0.352 e. The molecule has 0 radical (unpaired) electrons. The summed E-state index contributed by atoms with van der Waals surface area (Å²) in [6.45, 7) is 4.11. The van der Waals surface area contributed by atoms with Crippen LogP contribution in [0.15, 0.2) is 0 Å². The lowest BCUT2D eigenvalue weighted by atomic mass is 9.88. The molecule has 1 saturated carbocycles. The summed E-state index contributed by atoms with van der Waals surface area (Å²) in [5.41, 5.74) is 0. The van der Waals surface area contributed by atoms with E-state index >= 15 is 0 Å². The van der Waals surface area contributed by atoms with E-state index in [0.29, 0.717) is 11.8 Å². The summed E-state index contributed by atoms with van der Waals surface area (Å²) in [6.07, 6.45) is 11.8.